The normalized spacial score (nSPS) is 19.8. The lowest BCUT2D eigenvalue weighted by atomic mass is 9.77. The summed E-state index contributed by atoms with van der Waals surface area (Å²) in [6.45, 7) is 4.00. The van der Waals surface area contributed by atoms with E-state index in [1.54, 1.807) is 24.3 Å². The first-order chi connectivity index (χ1) is 10.7. The Morgan fingerprint density at radius 2 is 1.87 bits per heavy atom. The molecule has 2 nitrogen and oxygen atoms in total. The van der Waals surface area contributed by atoms with Gasteiger partial charge >= 0.3 is 6.18 Å². The molecule has 0 radical (unpaired) electrons. The van der Waals surface area contributed by atoms with Crippen LogP contribution >= 0.6 is 0 Å². The molecule has 0 saturated carbocycles. The Bertz CT molecular complexity index is 737. The minimum Gasteiger partial charge on any atom is -0.508 e. The molecular weight excluding hydrogens is 303 g/mol. The summed E-state index contributed by atoms with van der Waals surface area (Å²) in [5, 5.41) is 13.0. The van der Waals surface area contributed by atoms with E-state index in [2.05, 4.69) is 5.32 Å². The molecule has 3 rings (SSSR count). The summed E-state index contributed by atoms with van der Waals surface area (Å²) < 4.78 is 39.0. The number of benzene rings is 2. The molecule has 122 valence electrons. The number of nitrogens with one attached hydrogen (secondary N) is 1. The van der Waals surface area contributed by atoms with Gasteiger partial charge in [-0.25, -0.2) is 0 Å². The van der Waals surface area contributed by atoms with E-state index in [0.717, 1.165) is 17.3 Å². The van der Waals surface area contributed by atoms with Crippen molar-refractivity contribution in [3.05, 3.63) is 59.2 Å². The second kappa shape index (κ2) is 5.18. The highest BCUT2D eigenvalue weighted by molar-refractivity contribution is 5.62. The molecule has 2 aromatic carbocycles. The van der Waals surface area contributed by atoms with Gasteiger partial charge in [-0.2, -0.15) is 13.2 Å². The van der Waals surface area contributed by atoms with Crippen molar-refractivity contribution >= 4 is 5.69 Å². The standard InChI is InChI=1S/C18H18F3NO/c1-17(2)10-15(14-7-6-13(23)9-16(14)22-17)11-4-3-5-12(8-11)18(19,20)21/h3-9,15,22-23H,10H2,1-2H3. The van der Waals surface area contributed by atoms with Crippen LogP contribution in [0.4, 0.5) is 18.9 Å². The molecule has 1 aliphatic heterocycles. The summed E-state index contributed by atoms with van der Waals surface area (Å²) in [5.41, 5.74) is 1.40. The third-order valence-electron chi connectivity index (χ3n) is 4.22. The van der Waals surface area contributed by atoms with Gasteiger partial charge in [0.25, 0.3) is 0 Å². The minimum atomic E-state index is -4.35. The molecule has 0 amide bonds. The topological polar surface area (TPSA) is 32.3 Å². The van der Waals surface area contributed by atoms with Gasteiger partial charge in [-0.15, -0.1) is 0 Å². The molecular formula is C18H18F3NO. The Morgan fingerprint density at radius 3 is 2.57 bits per heavy atom. The SMILES string of the molecule is CC1(C)CC(c2cccc(C(F)(F)F)c2)c2ccc(O)cc2N1. The number of hydrogen-bond acceptors (Lipinski definition) is 2. The molecule has 1 heterocycles. The van der Waals surface area contributed by atoms with Gasteiger partial charge in [0.05, 0.1) is 5.56 Å². The van der Waals surface area contributed by atoms with Crippen molar-refractivity contribution < 1.29 is 18.3 Å². The fourth-order valence-corrected chi connectivity index (χ4v) is 3.22. The number of hydrogen-bond donors (Lipinski definition) is 2. The molecule has 1 aliphatic rings. The van der Waals surface area contributed by atoms with Gasteiger partial charge in [0, 0.05) is 23.2 Å². The zero-order valence-corrected chi connectivity index (χ0v) is 12.9. The Morgan fingerprint density at radius 1 is 1.13 bits per heavy atom. The first kappa shape index (κ1) is 15.7. The van der Waals surface area contributed by atoms with Gasteiger partial charge in [-0.3, -0.25) is 0 Å². The number of rotatable bonds is 1. The van der Waals surface area contributed by atoms with E-state index in [1.807, 2.05) is 13.8 Å². The molecule has 2 N–H and O–H groups in total. The molecule has 5 heteroatoms. The van der Waals surface area contributed by atoms with Gasteiger partial charge in [0.2, 0.25) is 0 Å². The molecule has 0 aliphatic carbocycles. The van der Waals surface area contributed by atoms with Gasteiger partial charge in [0.1, 0.15) is 5.75 Å². The quantitative estimate of drug-likeness (QED) is 0.762. The first-order valence-electron chi connectivity index (χ1n) is 7.44. The predicted molar refractivity (Wildman–Crippen MR) is 83.7 cm³/mol. The van der Waals surface area contributed by atoms with Crippen LogP contribution in [0.1, 0.15) is 42.9 Å². The Kier molecular flexibility index (Phi) is 3.54. The summed E-state index contributed by atoms with van der Waals surface area (Å²) in [7, 11) is 0. The fraction of sp³-hybridized carbons (Fsp3) is 0.333. The zero-order valence-electron chi connectivity index (χ0n) is 12.9. The van der Waals surface area contributed by atoms with Crippen LogP contribution in [0.25, 0.3) is 0 Å². The Labute approximate surface area is 133 Å². The van der Waals surface area contributed by atoms with Crippen LogP contribution in [0.2, 0.25) is 0 Å². The molecule has 23 heavy (non-hydrogen) atoms. The average Bonchev–Trinajstić information content (AvgIpc) is 2.44. The maximum absolute atomic E-state index is 13.0. The zero-order chi connectivity index (χ0) is 16.8. The van der Waals surface area contributed by atoms with Gasteiger partial charge in [-0.05, 0) is 43.5 Å². The summed E-state index contributed by atoms with van der Waals surface area (Å²) in [5.74, 6) is -0.0131. The largest absolute Gasteiger partial charge is 0.508 e. The molecule has 2 aromatic rings. The van der Waals surface area contributed by atoms with E-state index < -0.39 is 11.7 Å². The summed E-state index contributed by atoms with van der Waals surface area (Å²) >= 11 is 0. The van der Waals surface area contributed by atoms with E-state index in [-0.39, 0.29) is 17.2 Å². The van der Waals surface area contributed by atoms with Crippen molar-refractivity contribution in [2.24, 2.45) is 0 Å². The van der Waals surface area contributed by atoms with Crippen LogP contribution in [0.3, 0.4) is 0 Å². The number of phenols is 1. The second-order valence-electron chi connectivity index (χ2n) is 6.66. The molecule has 0 bridgehead atoms. The van der Waals surface area contributed by atoms with E-state index in [4.69, 9.17) is 0 Å². The van der Waals surface area contributed by atoms with E-state index in [0.29, 0.717) is 12.0 Å². The van der Waals surface area contributed by atoms with Gasteiger partial charge in [0.15, 0.2) is 0 Å². The lowest BCUT2D eigenvalue weighted by Crippen LogP contribution is -2.37. The lowest BCUT2D eigenvalue weighted by Gasteiger charge is -2.39. The van der Waals surface area contributed by atoms with Crippen LogP contribution in [-0.2, 0) is 6.18 Å². The maximum atomic E-state index is 13.0. The van der Waals surface area contributed by atoms with E-state index >= 15 is 0 Å². The summed E-state index contributed by atoms with van der Waals surface area (Å²) in [6.07, 6.45) is -3.68. The number of fused-ring (bicyclic) bond motifs is 1. The number of halogens is 3. The minimum absolute atomic E-state index is 0.136. The monoisotopic (exact) mass is 321 g/mol. The summed E-state index contributed by atoms with van der Waals surface area (Å²) in [4.78, 5) is 0. The molecule has 0 aromatic heterocycles. The number of phenolic OH excluding ortho intramolecular Hbond substituents is 1. The van der Waals surface area contributed by atoms with E-state index in [9.17, 15) is 18.3 Å². The van der Waals surface area contributed by atoms with Crippen molar-refractivity contribution in [3.8, 4) is 5.75 Å². The van der Waals surface area contributed by atoms with Crippen molar-refractivity contribution in [1.29, 1.82) is 0 Å². The highest BCUT2D eigenvalue weighted by Gasteiger charge is 2.35. The Balaban J connectivity index is 2.10. The van der Waals surface area contributed by atoms with Crippen LogP contribution in [0, 0.1) is 0 Å². The van der Waals surface area contributed by atoms with Crippen molar-refractivity contribution in [2.45, 2.75) is 37.9 Å². The summed E-state index contributed by atoms with van der Waals surface area (Å²) in [6, 6.07) is 10.5. The van der Waals surface area contributed by atoms with E-state index in [1.165, 1.54) is 12.1 Å². The van der Waals surface area contributed by atoms with Crippen molar-refractivity contribution in [1.82, 2.24) is 0 Å². The maximum Gasteiger partial charge on any atom is 0.416 e. The predicted octanol–water partition coefficient (Wildman–Crippen LogP) is 5.14. The average molecular weight is 321 g/mol. The molecule has 0 spiro atoms. The van der Waals surface area contributed by atoms with Gasteiger partial charge < -0.3 is 10.4 Å². The van der Waals surface area contributed by atoms with Gasteiger partial charge in [-0.1, -0.05) is 24.3 Å². The Hall–Kier alpha value is -2.17. The third-order valence-corrected chi connectivity index (χ3v) is 4.22. The third kappa shape index (κ3) is 3.14. The fourth-order valence-electron chi connectivity index (χ4n) is 3.22. The molecule has 1 atom stereocenters. The number of aromatic hydroxyl groups is 1. The van der Waals surface area contributed by atoms with Crippen LogP contribution in [-0.4, -0.2) is 10.6 Å². The number of anilines is 1. The highest BCUT2D eigenvalue weighted by atomic mass is 19.4. The van der Waals surface area contributed by atoms with Crippen LogP contribution in [0.5, 0.6) is 5.75 Å². The molecule has 1 unspecified atom stereocenters. The van der Waals surface area contributed by atoms with Crippen molar-refractivity contribution in [3.63, 3.8) is 0 Å². The number of alkyl halides is 3. The first-order valence-corrected chi connectivity index (χ1v) is 7.44. The van der Waals surface area contributed by atoms with Crippen LogP contribution < -0.4 is 5.32 Å². The smallest absolute Gasteiger partial charge is 0.416 e. The molecule has 0 fully saturated rings. The lowest BCUT2D eigenvalue weighted by molar-refractivity contribution is -0.137. The molecule has 0 saturated heterocycles. The highest BCUT2D eigenvalue weighted by Crippen LogP contribution is 2.44. The van der Waals surface area contributed by atoms with Crippen molar-refractivity contribution in [2.75, 3.05) is 5.32 Å². The van der Waals surface area contributed by atoms with Crippen LogP contribution in [0.15, 0.2) is 42.5 Å². The second-order valence-corrected chi connectivity index (χ2v) is 6.66.